The molecule has 0 fully saturated rings. The summed E-state index contributed by atoms with van der Waals surface area (Å²) in [6, 6.07) is 7.92. The van der Waals surface area contributed by atoms with Gasteiger partial charge in [-0.2, -0.15) is 0 Å². The summed E-state index contributed by atoms with van der Waals surface area (Å²) in [4.78, 5) is 10.7. The molecule has 0 radical (unpaired) electrons. The van der Waals surface area contributed by atoms with Crippen molar-refractivity contribution in [2.45, 2.75) is 19.5 Å². The predicted octanol–water partition coefficient (Wildman–Crippen LogP) is 1.79. The van der Waals surface area contributed by atoms with E-state index in [2.05, 4.69) is 21.5 Å². The quantitative estimate of drug-likeness (QED) is 0.930. The summed E-state index contributed by atoms with van der Waals surface area (Å²) < 4.78 is 7.32. The van der Waals surface area contributed by atoms with Gasteiger partial charge in [-0.25, -0.2) is 4.98 Å². The number of ether oxygens (including phenoxy) is 1. The van der Waals surface area contributed by atoms with E-state index in [0.29, 0.717) is 12.5 Å². The molecule has 2 N–H and O–H groups in total. The maximum absolute atomic E-state index is 6.08. The van der Waals surface area contributed by atoms with E-state index in [0.717, 1.165) is 23.7 Å². The highest BCUT2D eigenvalue weighted by atomic mass is 16.5. The maximum Gasteiger partial charge on any atom is 0.196 e. The van der Waals surface area contributed by atoms with Gasteiger partial charge in [0.1, 0.15) is 5.75 Å². The van der Waals surface area contributed by atoms with Gasteiger partial charge in [0, 0.05) is 12.2 Å². The molecule has 1 unspecified atom stereocenters. The molecule has 0 spiro atoms. The fraction of sp³-hybridized carbons (Fsp3) is 0.333. The lowest BCUT2D eigenvalue weighted by atomic mass is 10.1. The summed E-state index contributed by atoms with van der Waals surface area (Å²) in [5, 5.41) is 0. The molecule has 2 aromatic rings. The Balaban J connectivity index is 1.95. The highest BCUT2D eigenvalue weighted by Gasteiger charge is 2.30. The largest absolute Gasteiger partial charge is 0.497 e. The molecular weight excluding hydrogens is 266 g/mol. The van der Waals surface area contributed by atoms with Crippen molar-refractivity contribution >= 4 is 11.6 Å². The zero-order chi connectivity index (χ0) is 14.8. The monoisotopic (exact) mass is 285 g/mol. The number of nitrogens with zero attached hydrogens (tertiary/aromatic N) is 4. The van der Waals surface area contributed by atoms with E-state index < -0.39 is 0 Å². The van der Waals surface area contributed by atoms with E-state index in [1.54, 1.807) is 7.11 Å². The average molecular weight is 285 g/mol. The summed E-state index contributed by atoms with van der Waals surface area (Å²) in [6.45, 7) is 3.62. The number of benzene rings is 1. The van der Waals surface area contributed by atoms with Crippen molar-refractivity contribution in [3.05, 3.63) is 42.5 Å². The van der Waals surface area contributed by atoms with E-state index in [4.69, 9.17) is 10.5 Å². The van der Waals surface area contributed by atoms with Gasteiger partial charge in [0.05, 0.1) is 37.9 Å². The third-order valence-electron chi connectivity index (χ3n) is 3.76. The van der Waals surface area contributed by atoms with E-state index >= 15 is 0 Å². The van der Waals surface area contributed by atoms with Crippen LogP contribution >= 0.6 is 0 Å². The van der Waals surface area contributed by atoms with Crippen LogP contribution in [0.2, 0.25) is 0 Å². The van der Waals surface area contributed by atoms with Crippen LogP contribution in [-0.4, -0.2) is 29.2 Å². The highest BCUT2D eigenvalue weighted by molar-refractivity contribution is 5.97. The van der Waals surface area contributed by atoms with E-state index in [1.165, 1.54) is 0 Å². The molecule has 0 aliphatic carbocycles. The second-order valence-corrected chi connectivity index (χ2v) is 4.89. The molecular formula is C15H19N5O. The molecule has 0 saturated carbocycles. The normalized spacial score (nSPS) is 17.9. The van der Waals surface area contributed by atoms with Crippen LogP contribution in [0, 0.1) is 0 Å². The Morgan fingerprint density at radius 1 is 1.33 bits per heavy atom. The molecule has 3 rings (SSSR count). The van der Waals surface area contributed by atoms with Crippen LogP contribution in [0.25, 0.3) is 0 Å². The summed E-state index contributed by atoms with van der Waals surface area (Å²) >= 11 is 0. The van der Waals surface area contributed by atoms with Crippen molar-refractivity contribution in [2.75, 3.05) is 18.6 Å². The lowest BCUT2D eigenvalue weighted by molar-refractivity contribution is 0.415. The Kier molecular flexibility index (Phi) is 3.51. The third kappa shape index (κ3) is 2.33. The van der Waals surface area contributed by atoms with Crippen LogP contribution in [0.4, 0.5) is 5.69 Å². The minimum atomic E-state index is 0.0841. The number of hydrogen-bond donors (Lipinski definition) is 1. The molecule has 1 atom stereocenters. The molecule has 2 heterocycles. The van der Waals surface area contributed by atoms with Crippen LogP contribution in [0.15, 0.2) is 41.8 Å². The van der Waals surface area contributed by atoms with E-state index in [9.17, 15) is 0 Å². The second kappa shape index (κ2) is 5.47. The Bertz CT molecular complexity index is 646. The third-order valence-corrected chi connectivity index (χ3v) is 3.76. The SMILES string of the molecule is CCn1cncc1C1CN=C(N)N1c1ccc(OC)cc1. The number of methoxy groups -OCH3 is 1. The first-order chi connectivity index (χ1) is 10.2. The van der Waals surface area contributed by atoms with Crippen molar-refractivity contribution < 1.29 is 4.74 Å². The number of rotatable bonds is 4. The molecule has 110 valence electrons. The van der Waals surface area contributed by atoms with Gasteiger partial charge in [-0.3, -0.25) is 4.99 Å². The lowest BCUT2D eigenvalue weighted by Gasteiger charge is -2.27. The summed E-state index contributed by atoms with van der Waals surface area (Å²) in [6.07, 6.45) is 3.73. The number of aliphatic imine (C=N–C) groups is 1. The van der Waals surface area contributed by atoms with E-state index in [-0.39, 0.29) is 6.04 Å². The molecule has 0 bridgehead atoms. The number of aryl methyl sites for hydroxylation is 1. The molecule has 0 saturated heterocycles. The van der Waals surface area contributed by atoms with Gasteiger partial charge in [-0.15, -0.1) is 0 Å². The first-order valence-corrected chi connectivity index (χ1v) is 6.97. The Morgan fingerprint density at radius 2 is 2.10 bits per heavy atom. The number of imidazole rings is 1. The first kappa shape index (κ1) is 13.5. The molecule has 0 amide bonds. The summed E-state index contributed by atoms with van der Waals surface area (Å²) in [5.41, 5.74) is 8.21. The molecule has 21 heavy (non-hydrogen) atoms. The predicted molar refractivity (Wildman–Crippen MR) is 82.6 cm³/mol. The van der Waals surface area contributed by atoms with Crippen LogP contribution in [0.1, 0.15) is 18.7 Å². The topological polar surface area (TPSA) is 68.7 Å². The van der Waals surface area contributed by atoms with Crippen molar-refractivity contribution in [1.29, 1.82) is 0 Å². The number of hydrogen-bond acceptors (Lipinski definition) is 5. The Morgan fingerprint density at radius 3 is 2.76 bits per heavy atom. The van der Waals surface area contributed by atoms with Crippen LogP contribution < -0.4 is 15.4 Å². The minimum Gasteiger partial charge on any atom is -0.497 e. The molecule has 1 aliphatic rings. The zero-order valence-electron chi connectivity index (χ0n) is 12.2. The fourth-order valence-electron chi connectivity index (χ4n) is 2.65. The molecule has 6 heteroatoms. The molecule has 1 aromatic heterocycles. The van der Waals surface area contributed by atoms with Gasteiger partial charge in [0.25, 0.3) is 0 Å². The van der Waals surface area contributed by atoms with Gasteiger partial charge in [0.2, 0.25) is 0 Å². The highest BCUT2D eigenvalue weighted by Crippen LogP contribution is 2.31. The number of guanidine groups is 1. The molecule has 1 aromatic carbocycles. The second-order valence-electron chi connectivity index (χ2n) is 4.89. The Labute approximate surface area is 123 Å². The average Bonchev–Trinajstić information content (AvgIpc) is 3.13. The van der Waals surface area contributed by atoms with Crippen molar-refractivity contribution in [2.24, 2.45) is 10.7 Å². The van der Waals surface area contributed by atoms with Crippen LogP contribution in [-0.2, 0) is 6.54 Å². The van der Waals surface area contributed by atoms with Crippen molar-refractivity contribution in [3.63, 3.8) is 0 Å². The van der Waals surface area contributed by atoms with Gasteiger partial charge >= 0.3 is 0 Å². The summed E-state index contributed by atoms with van der Waals surface area (Å²) in [5.74, 6) is 1.36. The minimum absolute atomic E-state index is 0.0841. The van der Waals surface area contributed by atoms with Crippen molar-refractivity contribution in [1.82, 2.24) is 9.55 Å². The van der Waals surface area contributed by atoms with Crippen molar-refractivity contribution in [3.8, 4) is 5.75 Å². The molecule has 1 aliphatic heterocycles. The van der Waals surface area contributed by atoms with Crippen LogP contribution in [0.3, 0.4) is 0 Å². The van der Waals surface area contributed by atoms with Gasteiger partial charge in [0.15, 0.2) is 5.96 Å². The maximum atomic E-state index is 6.08. The smallest absolute Gasteiger partial charge is 0.196 e. The number of aromatic nitrogens is 2. The zero-order valence-corrected chi connectivity index (χ0v) is 12.2. The standard InChI is InChI=1S/C15H19N5O/c1-3-19-10-17-8-13(19)14-9-18-15(16)20(14)11-4-6-12(21-2)7-5-11/h4-8,10,14H,3,9H2,1-2H3,(H2,16,18). The Hall–Kier alpha value is -2.50. The fourth-order valence-corrected chi connectivity index (χ4v) is 2.65. The molecule has 6 nitrogen and oxygen atoms in total. The summed E-state index contributed by atoms with van der Waals surface area (Å²) in [7, 11) is 1.66. The van der Waals surface area contributed by atoms with Gasteiger partial charge < -0.3 is 19.9 Å². The number of anilines is 1. The van der Waals surface area contributed by atoms with Gasteiger partial charge in [-0.1, -0.05) is 0 Å². The van der Waals surface area contributed by atoms with Crippen LogP contribution in [0.5, 0.6) is 5.75 Å². The lowest BCUT2D eigenvalue weighted by Crippen LogP contribution is -2.36. The number of nitrogens with two attached hydrogens (primary N) is 1. The van der Waals surface area contributed by atoms with E-state index in [1.807, 2.05) is 41.7 Å². The first-order valence-electron chi connectivity index (χ1n) is 6.97. The van der Waals surface area contributed by atoms with Gasteiger partial charge in [-0.05, 0) is 31.2 Å².